The third kappa shape index (κ3) is 4.67. The van der Waals surface area contributed by atoms with Crippen LogP contribution < -0.4 is 0 Å². The van der Waals surface area contributed by atoms with Gasteiger partial charge >= 0.3 is 5.97 Å². The Morgan fingerprint density at radius 2 is 1.96 bits per heavy atom. The van der Waals surface area contributed by atoms with Crippen LogP contribution in [0.15, 0.2) is 42.7 Å². The van der Waals surface area contributed by atoms with Crippen molar-refractivity contribution in [2.24, 2.45) is 7.05 Å². The number of rotatable bonds is 7. The van der Waals surface area contributed by atoms with Crippen molar-refractivity contribution in [1.82, 2.24) is 14.7 Å². The monoisotopic (exact) mass is 315 g/mol. The highest BCUT2D eigenvalue weighted by atomic mass is 16.4. The molecule has 0 saturated carbocycles. The van der Waals surface area contributed by atoms with E-state index < -0.39 is 12.0 Å². The van der Waals surface area contributed by atoms with Gasteiger partial charge in [-0.25, -0.2) is 4.79 Å². The third-order valence-corrected chi connectivity index (χ3v) is 3.80. The molecule has 0 spiro atoms. The minimum atomic E-state index is -0.994. The van der Waals surface area contributed by atoms with Gasteiger partial charge in [0.15, 0.2) is 0 Å². The molecule has 6 heteroatoms. The van der Waals surface area contributed by atoms with Gasteiger partial charge in [-0.15, -0.1) is 0 Å². The lowest BCUT2D eigenvalue weighted by molar-refractivity contribution is -0.149. The largest absolute Gasteiger partial charge is 0.480 e. The Labute approximate surface area is 135 Å². The zero-order valence-electron chi connectivity index (χ0n) is 13.3. The van der Waals surface area contributed by atoms with Crippen LogP contribution in [-0.2, 0) is 29.5 Å². The summed E-state index contributed by atoms with van der Waals surface area (Å²) in [7, 11) is 3.37. The van der Waals surface area contributed by atoms with E-state index >= 15 is 0 Å². The number of carbonyl (C=O) groups is 2. The van der Waals surface area contributed by atoms with E-state index in [4.69, 9.17) is 0 Å². The van der Waals surface area contributed by atoms with E-state index in [1.165, 1.54) is 4.90 Å². The van der Waals surface area contributed by atoms with Crippen LogP contribution in [0.1, 0.15) is 17.5 Å². The van der Waals surface area contributed by atoms with Gasteiger partial charge in [-0.05, 0) is 17.5 Å². The van der Waals surface area contributed by atoms with Crippen LogP contribution in [0, 0.1) is 0 Å². The molecule has 1 atom stereocenters. The Kier molecular flexibility index (Phi) is 5.51. The second-order valence-electron chi connectivity index (χ2n) is 5.57. The molecule has 23 heavy (non-hydrogen) atoms. The molecule has 2 aromatic rings. The number of carboxylic acid groups (broad SMARTS) is 1. The molecule has 1 aromatic carbocycles. The predicted molar refractivity (Wildman–Crippen MR) is 85.9 cm³/mol. The number of aromatic nitrogens is 2. The van der Waals surface area contributed by atoms with Crippen LogP contribution >= 0.6 is 0 Å². The van der Waals surface area contributed by atoms with Crippen molar-refractivity contribution < 1.29 is 14.7 Å². The Morgan fingerprint density at radius 3 is 2.52 bits per heavy atom. The molecule has 1 amide bonds. The molecule has 1 aromatic heterocycles. The number of aliphatic carboxylic acids is 1. The van der Waals surface area contributed by atoms with Crippen molar-refractivity contribution in [3.05, 3.63) is 53.9 Å². The number of benzene rings is 1. The zero-order valence-corrected chi connectivity index (χ0v) is 13.3. The highest BCUT2D eigenvalue weighted by Crippen LogP contribution is 2.11. The van der Waals surface area contributed by atoms with Gasteiger partial charge in [0.25, 0.3) is 0 Å². The summed E-state index contributed by atoms with van der Waals surface area (Å²) in [6.07, 6.45) is 4.68. The Bertz CT molecular complexity index is 667. The molecule has 1 N–H and O–H groups in total. The molecular weight excluding hydrogens is 294 g/mol. The number of carbonyl (C=O) groups excluding carboxylic acids is 1. The van der Waals surface area contributed by atoms with E-state index in [0.717, 1.165) is 11.1 Å². The molecule has 0 bridgehead atoms. The van der Waals surface area contributed by atoms with Crippen molar-refractivity contribution >= 4 is 11.9 Å². The Balaban J connectivity index is 1.97. The number of hydrogen-bond acceptors (Lipinski definition) is 3. The molecular formula is C17H21N3O3. The fourth-order valence-electron chi connectivity index (χ4n) is 2.43. The summed E-state index contributed by atoms with van der Waals surface area (Å²) in [6, 6.07) is 8.46. The second-order valence-corrected chi connectivity index (χ2v) is 5.57. The van der Waals surface area contributed by atoms with Gasteiger partial charge < -0.3 is 10.0 Å². The first-order chi connectivity index (χ1) is 11.0. The molecule has 0 aliphatic heterocycles. The average Bonchev–Trinajstić information content (AvgIpc) is 2.96. The van der Waals surface area contributed by atoms with Crippen LogP contribution in [0.25, 0.3) is 0 Å². The van der Waals surface area contributed by atoms with Gasteiger partial charge in [0.2, 0.25) is 5.91 Å². The minimum Gasteiger partial charge on any atom is -0.480 e. The standard InChI is InChI=1S/C17H21N3O3/c1-19-12-14(11-18-19)8-9-16(21)20(2)15(17(22)23)10-13-6-4-3-5-7-13/h3-7,11-12,15H,8-10H2,1-2H3,(H,22,23). The number of nitrogens with zero attached hydrogens (tertiary/aromatic N) is 3. The first kappa shape index (κ1) is 16.7. The van der Waals surface area contributed by atoms with Crippen LogP contribution in [0.5, 0.6) is 0 Å². The van der Waals surface area contributed by atoms with E-state index in [-0.39, 0.29) is 12.3 Å². The van der Waals surface area contributed by atoms with Gasteiger partial charge in [-0.2, -0.15) is 5.10 Å². The van der Waals surface area contributed by atoms with Crippen molar-refractivity contribution in [2.45, 2.75) is 25.3 Å². The predicted octanol–water partition coefficient (Wildman–Crippen LogP) is 1.51. The van der Waals surface area contributed by atoms with Crippen molar-refractivity contribution in [1.29, 1.82) is 0 Å². The van der Waals surface area contributed by atoms with E-state index in [1.54, 1.807) is 17.9 Å². The number of likely N-dealkylation sites (N-methyl/N-ethyl adjacent to an activating group) is 1. The molecule has 0 fully saturated rings. The number of aryl methyl sites for hydroxylation is 2. The van der Waals surface area contributed by atoms with Crippen LogP contribution in [-0.4, -0.2) is 44.8 Å². The molecule has 0 saturated heterocycles. The van der Waals surface area contributed by atoms with Crippen LogP contribution in [0.4, 0.5) is 0 Å². The van der Waals surface area contributed by atoms with Crippen LogP contribution in [0.3, 0.4) is 0 Å². The maximum atomic E-state index is 12.3. The molecule has 0 aliphatic carbocycles. The SMILES string of the molecule is CN(C(=O)CCc1cnn(C)c1)C(Cc1ccccc1)C(=O)O. The lowest BCUT2D eigenvalue weighted by Crippen LogP contribution is -2.43. The van der Waals surface area contributed by atoms with E-state index in [9.17, 15) is 14.7 Å². The summed E-state index contributed by atoms with van der Waals surface area (Å²) in [5.41, 5.74) is 1.86. The minimum absolute atomic E-state index is 0.183. The molecule has 122 valence electrons. The number of carboxylic acids is 1. The third-order valence-electron chi connectivity index (χ3n) is 3.80. The Morgan fingerprint density at radius 1 is 1.26 bits per heavy atom. The summed E-state index contributed by atoms with van der Waals surface area (Å²) < 4.78 is 1.68. The average molecular weight is 315 g/mol. The van der Waals surface area contributed by atoms with Gasteiger partial charge in [0.05, 0.1) is 6.20 Å². The number of amides is 1. The van der Waals surface area contributed by atoms with Crippen molar-refractivity contribution in [3.63, 3.8) is 0 Å². The summed E-state index contributed by atoms with van der Waals surface area (Å²) >= 11 is 0. The van der Waals surface area contributed by atoms with E-state index in [1.807, 2.05) is 43.6 Å². The highest BCUT2D eigenvalue weighted by Gasteiger charge is 2.26. The fourth-order valence-corrected chi connectivity index (χ4v) is 2.43. The van der Waals surface area contributed by atoms with Gasteiger partial charge in [-0.1, -0.05) is 30.3 Å². The fraction of sp³-hybridized carbons (Fsp3) is 0.353. The summed E-state index contributed by atoms with van der Waals surface area (Å²) in [4.78, 5) is 25.1. The maximum absolute atomic E-state index is 12.3. The maximum Gasteiger partial charge on any atom is 0.326 e. The number of hydrogen-bond donors (Lipinski definition) is 1. The lowest BCUT2D eigenvalue weighted by Gasteiger charge is -2.25. The van der Waals surface area contributed by atoms with E-state index in [0.29, 0.717) is 12.8 Å². The molecule has 0 radical (unpaired) electrons. The topological polar surface area (TPSA) is 75.4 Å². The van der Waals surface area contributed by atoms with Gasteiger partial charge in [0.1, 0.15) is 6.04 Å². The normalized spacial score (nSPS) is 11.9. The zero-order chi connectivity index (χ0) is 16.8. The van der Waals surface area contributed by atoms with Gasteiger partial charge in [-0.3, -0.25) is 9.48 Å². The molecule has 2 rings (SSSR count). The molecule has 1 unspecified atom stereocenters. The summed E-state index contributed by atoms with van der Waals surface area (Å²) in [6.45, 7) is 0. The molecule has 0 aliphatic rings. The van der Waals surface area contributed by atoms with Crippen molar-refractivity contribution in [2.75, 3.05) is 7.05 Å². The summed E-state index contributed by atoms with van der Waals surface area (Å²) in [5, 5.41) is 13.5. The van der Waals surface area contributed by atoms with E-state index in [2.05, 4.69) is 5.10 Å². The Hall–Kier alpha value is -2.63. The second kappa shape index (κ2) is 7.58. The first-order valence-electron chi connectivity index (χ1n) is 7.47. The quantitative estimate of drug-likeness (QED) is 0.840. The lowest BCUT2D eigenvalue weighted by atomic mass is 10.0. The van der Waals surface area contributed by atoms with Crippen LogP contribution in [0.2, 0.25) is 0 Å². The van der Waals surface area contributed by atoms with Gasteiger partial charge in [0, 0.05) is 33.1 Å². The molecule has 1 heterocycles. The van der Waals surface area contributed by atoms with Crippen molar-refractivity contribution in [3.8, 4) is 0 Å². The first-order valence-corrected chi connectivity index (χ1v) is 7.47. The smallest absolute Gasteiger partial charge is 0.326 e. The highest BCUT2D eigenvalue weighted by molar-refractivity contribution is 5.83. The molecule has 6 nitrogen and oxygen atoms in total. The summed E-state index contributed by atoms with van der Waals surface area (Å²) in [5.74, 6) is -1.18.